The van der Waals surface area contributed by atoms with Crippen LogP contribution in [0, 0.1) is 0 Å². The van der Waals surface area contributed by atoms with Gasteiger partial charge in [-0.25, -0.2) is 4.98 Å². The average molecular weight is 477 g/mol. The van der Waals surface area contributed by atoms with Crippen molar-refractivity contribution in [1.82, 2.24) is 4.98 Å². The van der Waals surface area contributed by atoms with Crippen molar-refractivity contribution in [2.45, 2.75) is 6.42 Å². The summed E-state index contributed by atoms with van der Waals surface area (Å²) in [7, 11) is 1.55. The van der Waals surface area contributed by atoms with E-state index in [2.05, 4.69) is 20.9 Å². The molecule has 0 aliphatic carbocycles. The highest BCUT2D eigenvalue weighted by Gasteiger charge is 2.16. The SMILES string of the molecule is COc1cccc(NC(=O)c2ccccc2NC(=O)Cc2csc(NC(=O)c3ccco3)n2)c1. The summed E-state index contributed by atoms with van der Waals surface area (Å²) in [6.07, 6.45) is 1.38. The molecule has 172 valence electrons. The molecule has 4 rings (SSSR count). The molecule has 0 saturated heterocycles. The second-order valence-corrected chi connectivity index (χ2v) is 7.89. The highest BCUT2D eigenvalue weighted by Crippen LogP contribution is 2.21. The smallest absolute Gasteiger partial charge is 0.293 e. The summed E-state index contributed by atoms with van der Waals surface area (Å²) in [5.41, 5.74) is 1.73. The zero-order valence-corrected chi connectivity index (χ0v) is 18.8. The lowest BCUT2D eigenvalue weighted by molar-refractivity contribution is -0.115. The molecule has 2 aromatic carbocycles. The predicted molar refractivity (Wildman–Crippen MR) is 128 cm³/mol. The molecule has 3 amide bonds. The number of para-hydroxylation sites is 1. The van der Waals surface area contributed by atoms with Gasteiger partial charge in [-0.15, -0.1) is 11.3 Å². The van der Waals surface area contributed by atoms with Crippen LogP contribution in [0.5, 0.6) is 5.75 Å². The largest absolute Gasteiger partial charge is 0.497 e. The second kappa shape index (κ2) is 10.5. The molecule has 0 unspecified atom stereocenters. The van der Waals surface area contributed by atoms with Crippen molar-refractivity contribution in [2.24, 2.45) is 0 Å². The van der Waals surface area contributed by atoms with Gasteiger partial charge in [0.1, 0.15) is 5.75 Å². The Kier molecular flexibility index (Phi) is 6.99. The Bertz CT molecular complexity index is 1320. The summed E-state index contributed by atoms with van der Waals surface area (Å²) in [5.74, 6) is -0.372. The molecule has 0 bridgehead atoms. The average Bonchev–Trinajstić information content (AvgIpc) is 3.52. The van der Waals surface area contributed by atoms with Crippen molar-refractivity contribution in [3.63, 3.8) is 0 Å². The van der Waals surface area contributed by atoms with Crippen molar-refractivity contribution >= 4 is 45.6 Å². The molecule has 34 heavy (non-hydrogen) atoms. The third-order valence-electron chi connectivity index (χ3n) is 4.63. The lowest BCUT2D eigenvalue weighted by atomic mass is 10.1. The van der Waals surface area contributed by atoms with Crippen LogP contribution in [0.2, 0.25) is 0 Å². The number of nitrogens with one attached hydrogen (secondary N) is 3. The Morgan fingerprint density at radius 2 is 1.82 bits per heavy atom. The summed E-state index contributed by atoms with van der Waals surface area (Å²) in [6, 6.07) is 16.8. The monoisotopic (exact) mass is 476 g/mol. The standard InChI is InChI=1S/C24H20N4O5S/c1-32-17-7-4-6-15(12-17)25-22(30)18-8-2-3-9-19(18)27-21(29)13-16-14-34-24(26-16)28-23(31)20-10-5-11-33-20/h2-12,14H,13H2,1H3,(H,25,30)(H,27,29)(H,26,28,31). The first-order valence-electron chi connectivity index (χ1n) is 10.2. The van der Waals surface area contributed by atoms with E-state index in [4.69, 9.17) is 9.15 Å². The molecule has 2 aromatic heterocycles. The number of ether oxygens (including phenoxy) is 1. The van der Waals surface area contributed by atoms with Crippen molar-refractivity contribution in [2.75, 3.05) is 23.1 Å². The lowest BCUT2D eigenvalue weighted by Gasteiger charge is -2.12. The first-order chi connectivity index (χ1) is 16.5. The summed E-state index contributed by atoms with van der Waals surface area (Å²) in [4.78, 5) is 41.8. The van der Waals surface area contributed by atoms with Crippen LogP contribution in [-0.2, 0) is 11.2 Å². The van der Waals surface area contributed by atoms with Crippen molar-refractivity contribution in [3.8, 4) is 5.75 Å². The number of anilines is 3. The summed E-state index contributed by atoms with van der Waals surface area (Å²) >= 11 is 1.20. The number of carbonyl (C=O) groups excluding carboxylic acids is 3. The molecule has 10 heteroatoms. The van der Waals surface area contributed by atoms with E-state index in [0.29, 0.717) is 33.5 Å². The maximum atomic E-state index is 12.8. The van der Waals surface area contributed by atoms with Crippen LogP contribution in [0.25, 0.3) is 0 Å². The van der Waals surface area contributed by atoms with Gasteiger partial charge in [0.05, 0.1) is 36.7 Å². The molecule has 0 fully saturated rings. The number of methoxy groups -OCH3 is 1. The minimum absolute atomic E-state index is 0.0288. The minimum atomic E-state index is -0.425. The van der Waals surface area contributed by atoms with Gasteiger partial charge in [-0.3, -0.25) is 19.7 Å². The Hall–Kier alpha value is -4.44. The maximum Gasteiger partial charge on any atom is 0.293 e. The normalized spacial score (nSPS) is 10.4. The zero-order valence-electron chi connectivity index (χ0n) is 18.0. The maximum absolute atomic E-state index is 12.8. The number of furan rings is 1. The highest BCUT2D eigenvalue weighted by atomic mass is 32.1. The van der Waals surface area contributed by atoms with Crippen LogP contribution >= 0.6 is 11.3 Å². The van der Waals surface area contributed by atoms with E-state index in [1.54, 1.807) is 73.2 Å². The first-order valence-corrected chi connectivity index (χ1v) is 11.0. The van der Waals surface area contributed by atoms with E-state index >= 15 is 0 Å². The quantitative estimate of drug-likeness (QED) is 0.346. The molecule has 0 saturated carbocycles. The predicted octanol–water partition coefficient (Wildman–Crippen LogP) is 4.43. The van der Waals surface area contributed by atoms with Gasteiger partial charge in [0, 0.05) is 17.1 Å². The number of rotatable bonds is 8. The minimum Gasteiger partial charge on any atom is -0.497 e. The van der Waals surface area contributed by atoms with Crippen LogP contribution < -0.4 is 20.7 Å². The van der Waals surface area contributed by atoms with E-state index in [1.165, 1.54) is 17.6 Å². The van der Waals surface area contributed by atoms with E-state index in [1.807, 2.05) is 0 Å². The van der Waals surface area contributed by atoms with E-state index < -0.39 is 5.91 Å². The molecule has 4 aromatic rings. The van der Waals surface area contributed by atoms with Gasteiger partial charge in [0.2, 0.25) is 5.91 Å². The van der Waals surface area contributed by atoms with Gasteiger partial charge in [0.25, 0.3) is 11.8 Å². The van der Waals surface area contributed by atoms with Gasteiger partial charge in [0.15, 0.2) is 10.9 Å². The molecule has 0 spiro atoms. The summed E-state index contributed by atoms with van der Waals surface area (Å²) in [5, 5.41) is 10.2. The van der Waals surface area contributed by atoms with E-state index in [9.17, 15) is 14.4 Å². The second-order valence-electron chi connectivity index (χ2n) is 7.03. The third-order valence-corrected chi connectivity index (χ3v) is 5.44. The van der Waals surface area contributed by atoms with Gasteiger partial charge in [-0.1, -0.05) is 18.2 Å². The Labute approximate surface area is 198 Å². The van der Waals surface area contributed by atoms with E-state index in [-0.39, 0.29) is 24.0 Å². The molecule has 2 heterocycles. The molecular formula is C24H20N4O5S. The van der Waals surface area contributed by atoms with Gasteiger partial charge in [-0.2, -0.15) is 0 Å². The van der Waals surface area contributed by atoms with Gasteiger partial charge < -0.3 is 19.8 Å². The first kappa shape index (κ1) is 22.7. The number of benzene rings is 2. The topological polar surface area (TPSA) is 123 Å². The van der Waals surface area contributed by atoms with E-state index in [0.717, 1.165) is 0 Å². The van der Waals surface area contributed by atoms with Crippen LogP contribution in [0.3, 0.4) is 0 Å². The Balaban J connectivity index is 1.38. The van der Waals surface area contributed by atoms with Crippen LogP contribution in [0.15, 0.2) is 76.7 Å². The highest BCUT2D eigenvalue weighted by molar-refractivity contribution is 7.14. The van der Waals surface area contributed by atoms with Crippen molar-refractivity contribution < 1.29 is 23.5 Å². The summed E-state index contributed by atoms with van der Waals surface area (Å²) < 4.78 is 10.2. The number of carbonyl (C=O) groups is 3. The number of amides is 3. The molecule has 0 radical (unpaired) electrons. The number of nitrogens with zero attached hydrogens (tertiary/aromatic N) is 1. The fraction of sp³-hybridized carbons (Fsp3) is 0.0833. The molecule has 3 N–H and O–H groups in total. The summed E-state index contributed by atoms with van der Waals surface area (Å²) in [6.45, 7) is 0. The number of hydrogen-bond acceptors (Lipinski definition) is 7. The number of hydrogen-bond donors (Lipinski definition) is 3. The van der Waals surface area contributed by atoms with Crippen LogP contribution in [0.4, 0.5) is 16.5 Å². The molecule has 0 aliphatic heterocycles. The van der Waals surface area contributed by atoms with Crippen LogP contribution in [-0.4, -0.2) is 29.8 Å². The molecule has 9 nitrogen and oxygen atoms in total. The Morgan fingerprint density at radius 3 is 2.62 bits per heavy atom. The fourth-order valence-corrected chi connectivity index (χ4v) is 3.77. The van der Waals surface area contributed by atoms with Gasteiger partial charge >= 0.3 is 0 Å². The number of aromatic nitrogens is 1. The molecular weight excluding hydrogens is 456 g/mol. The number of thiazole rings is 1. The van der Waals surface area contributed by atoms with Gasteiger partial charge in [-0.05, 0) is 36.4 Å². The van der Waals surface area contributed by atoms with Crippen molar-refractivity contribution in [3.05, 3.63) is 89.3 Å². The molecule has 0 atom stereocenters. The van der Waals surface area contributed by atoms with Crippen molar-refractivity contribution in [1.29, 1.82) is 0 Å². The van der Waals surface area contributed by atoms with Crippen LogP contribution in [0.1, 0.15) is 26.6 Å². The Morgan fingerprint density at radius 1 is 0.971 bits per heavy atom. The fourth-order valence-electron chi connectivity index (χ4n) is 3.06. The zero-order chi connectivity index (χ0) is 23.9. The lowest BCUT2D eigenvalue weighted by Crippen LogP contribution is -2.19. The molecule has 0 aliphatic rings. The third kappa shape index (κ3) is 5.67.